The van der Waals surface area contributed by atoms with Crippen LogP contribution in [0.15, 0.2) is 0 Å². The number of primary amides is 1. The predicted molar refractivity (Wildman–Crippen MR) is 94.9 cm³/mol. The Morgan fingerprint density at radius 2 is 1.59 bits per heavy atom. The molecule has 10 N–H and O–H groups in total. The van der Waals surface area contributed by atoms with Crippen LogP contribution in [0.2, 0.25) is 0 Å². The van der Waals surface area contributed by atoms with Gasteiger partial charge in [0.05, 0.1) is 12.6 Å². The number of carboxylic acids is 1. The zero-order valence-electron chi connectivity index (χ0n) is 15.0. The van der Waals surface area contributed by atoms with Crippen LogP contribution in [0.3, 0.4) is 0 Å². The van der Waals surface area contributed by atoms with Crippen LogP contribution >= 0.6 is 0 Å². The van der Waals surface area contributed by atoms with Gasteiger partial charge in [0.2, 0.25) is 23.6 Å². The number of hydrogen-bond donors (Lipinski definition) is 7. The number of carbonyl (C=O) groups excluding carboxylic acids is 4. The molecule has 2 unspecified atom stereocenters. The lowest BCUT2D eigenvalue weighted by Crippen LogP contribution is -2.53. The Kier molecular flexibility index (Phi) is 12.1. The molecule has 0 rings (SSSR count). The van der Waals surface area contributed by atoms with E-state index in [1.807, 2.05) is 0 Å². The minimum Gasteiger partial charge on any atom is -0.480 e. The molecular weight excluding hydrogens is 360 g/mol. The average molecular weight is 388 g/mol. The number of rotatable bonds is 14. The zero-order valence-corrected chi connectivity index (χ0v) is 15.0. The number of nitrogens with two attached hydrogens (primary N) is 3. The van der Waals surface area contributed by atoms with E-state index in [4.69, 9.17) is 22.3 Å². The molecule has 0 radical (unpaired) electrons. The lowest BCUT2D eigenvalue weighted by molar-refractivity contribution is -0.138. The van der Waals surface area contributed by atoms with Gasteiger partial charge in [0.25, 0.3) is 0 Å². The Balaban J connectivity index is 4.65. The van der Waals surface area contributed by atoms with E-state index in [9.17, 15) is 24.0 Å². The van der Waals surface area contributed by atoms with Crippen LogP contribution in [-0.2, 0) is 24.0 Å². The van der Waals surface area contributed by atoms with Gasteiger partial charge in [0.15, 0.2) is 0 Å². The second-order valence-corrected chi connectivity index (χ2v) is 5.85. The third kappa shape index (κ3) is 12.3. The van der Waals surface area contributed by atoms with Crippen molar-refractivity contribution in [1.29, 1.82) is 0 Å². The molecule has 12 nitrogen and oxygen atoms in total. The highest BCUT2D eigenvalue weighted by Gasteiger charge is 2.24. The Morgan fingerprint density at radius 1 is 0.926 bits per heavy atom. The highest BCUT2D eigenvalue weighted by molar-refractivity contribution is 5.92. The fraction of sp³-hybridized carbons (Fsp3) is 0.667. The van der Waals surface area contributed by atoms with Crippen LogP contribution in [0.1, 0.15) is 32.1 Å². The molecule has 2 atom stereocenters. The summed E-state index contributed by atoms with van der Waals surface area (Å²) >= 11 is 0. The number of amides is 4. The number of nitrogens with one attached hydrogen (secondary N) is 3. The molecule has 0 aliphatic carbocycles. The van der Waals surface area contributed by atoms with Crippen molar-refractivity contribution in [2.45, 2.75) is 44.2 Å². The van der Waals surface area contributed by atoms with Gasteiger partial charge in [-0.1, -0.05) is 6.42 Å². The topological polar surface area (TPSA) is 220 Å². The first-order valence-corrected chi connectivity index (χ1v) is 8.47. The Hall–Kier alpha value is -2.73. The summed E-state index contributed by atoms with van der Waals surface area (Å²) in [5.74, 6) is -3.90. The Bertz CT molecular complexity index is 541. The summed E-state index contributed by atoms with van der Waals surface area (Å²) in [6.07, 6.45) is 1.50. The molecule has 0 aliphatic heterocycles. The standard InChI is InChI=1S/C15H28N6O6/c16-6-2-1-3-9(17)14(26)21-10(4-5-11(18)22)15(27)20-7-12(23)19-8-13(24)25/h9-10H,1-8,16-17H2,(H2,18,22)(H,19,23)(H,20,27)(H,21,26)(H,24,25). The van der Waals surface area contributed by atoms with Crippen molar-refractivity contribution < 1.29 is 29.1 Å². The van der Waals surface area contributed by atoms with E-state index in [-0.39, 0.29) is 12.8 Å². The van der Waals surface area contributed by atoms with Crippen LogP contribution in [0, 0.1) is 0 Å². The zero-order chi connectivity index (χ0) is 20.8. The third-order valence-corrected chi connectivity index (χ3v) is 3.48. The third-order valence-electron chi connectivity index (χ3n) is 3.48. The molecule has 0 saturated carbocycles. The summed E-state index contributed by atoms with van der Waals surface area (Å²) in [4.78, 5) is 57.0. The average Bonchev–Trinajstić information content (AvgIpc) is 2.60. The quantitative estimate of drug-likeness (QED) is 0.148. The van der Waals surface area contributed by atoms with Gasteiger partial charge >= 0.3 is 5.97 Å². The summed E-state index contributed by atoms with van der Waals surface area (Å²) in [6.45, 7) is -0.603. The monoisotopic (exact) mass is 388 g/mol. The van der Waals surface area contributed by atoms with Gasteiger partial charge in [0.1, 0.15) is 12.6 Å². The molecule has 0 saturated heterocycles. The van der Waals surface area contributed by atoms with Crippen LogP contribution < -0.4 is 33.2 Å². The highest BCUT2D eigenvalue weighted by atomic mass is 16.4. The first-order valence-electron chi connectivity index (χ1n) is 8.47. The Labute approximate surface area is 156 Å². The van der Waals surface area contributed by atoms with Crippen LogP contribution in [-0.4, -0.2) is 66.4 Å². The maximum absolute atomic E-state index is 12.2. The molecule has 154 valence electrons. The van der Waals surface area contributed by atoms with Gasteiger partial charge in [-0.15, -0.1) is 0 Å². The molecular formula is C15H28N6O6. The van der Waals surface area contributed by atoms with Gasteiger partial charge < -0.3 is 38.3 Å². The number of carboxylic acid groups (broad SMARTS) is 1. The molecule has 0 spiro atoms. The summed E-state index contributed by atoms with van der Waals surface area (Å²) in [7, 11) is 0. The first-order chi connectivity index (χ1) is 12.7. The molecule has 0 heterocycles. The van der Waals surface area contributed by atoms with E-state index in [0.717, 1.165) is 0 Å². The maximum Gasteiger partial charge on any atom is 0.322 e. The molecule has 0 fully saturated rings. The fourth-order valence-electron chi connectivity index (χ4n) is 2.00. The minimum atomic E-state index is -1.23. The summed E-state index contributed by atoms with van der Waals surface area (Å²) in [5.41, 5.74) is 16.2. The number of hydrogen-bond acceptors (Lipinski definition) is 7. The molecule has 0 aromatic carbocycles. The van der Waals surface area contributed by atoms with Gasteiger partial charge in [-0.25, -0.2) is 0 Å². The molecule has 27 heavy (non-hydrogen) atoms. The number of aliphatic carboxylic acids is 1. The van der Waals surface area contributed by atoms with Crippen molar-refractivity contribution in [2.75, 3.05) is 19.6 Å². The van der Waals surface area contributed by atoms with Crippen molar-refractivity contribution in [3.05, 3.63) is 0 Å². The molecule has 4 amide bonds. The summed E-state index contributed by atoms with van der Waals surface area (Å²) in [6, 6.07) is -1.96. The number of carbonyl (C=O) groups is 5. The van der Waals surface area contributed by atoms with E-state index in [1.54, 1.807) is 0 Å². The van der Waals surface area contributed by atoms with Crippen LogP contribution in [0.5, 0.6) is 0 Å². The second kappa shape index (κ2) is 13.5. The molecule has 0 bridgehead atoms. The smallest absolute Gasteiger partial charge is 0.322 e. The summed E-state index contributed by atoms with van der Waals surface area (Å²) < 4.78 is 0. The highest BCUT2D eigenvalue weighted by Crippen LogP contribution is 2.02. The van der Waals surface area contributed by atoms with Crippen molar-refractivity contribution in [3.63, 3.8) is 0 Å². The van der Waals surface area contributed by atoms with Crippen molar-refractivity contribution in [3.8, 4) is 0 Å². The van der Waals surface area contributed by atoms with E-state index >= 15 is 0 Å². The molecule has 12 heteroatoms. The number of unbranched alkanes of at least 4 members (excludes halogenated alkanes) is 1. The van der Waals surface area contributed by atoms with Crippen LogP contribution in [0.25, 0.3) is 0 Å². The lowest BCUT2D eigenvalue weighted by atomic mass is 10.1. The minimum absolute atomic E-state index is 0.0703. The molecule has 0 aliphatic rings. The van der Waals surface area contributed by atoms with Gasteiger partial charge in [-0.2, -0.15) is 0 Å². The fourth-order valence-corrected chi connectivity index (χ4v) is 2.00. The van der Waals surface area contributed by atoms with E-state index < -0.39 is 54.8 Å². The van der Waals surface area contributed by atoms with Crippen molar-refractivity contribution in [1.82, 2.24) is 16.0 Å². The van der Waals surface area contributed by atoms with Crippen molar-refractivity contribution >= 4 is 29.6 Å². The molecule has 0 aromatic rings. The first kappa shape index (κ1) is 24.3. The van der Waals surface area contributed by atoms with E-state index in [0.29, 0.717) is 25.8 Å². The van der Waals surface area contributed by atoms with Gasteiger partial charge in [0, 0.05) is 6.42 Å². The largest absolute Gasteiger partial charge is 0.480 e. The van der Waals surface area contributed by atoms with Crippen molar-refractivity contribution in [2.24, 2.45) is 17.2 Å². The normalized spacial score (nSPS) is 12.5. The lowest BCUT2D eigenvalue weighted by Gasteiger charge is -2.20. The van der Waals surface area contributed by atoms with Gasteiger partial charge in [-0.3, -0.25) is 24.0 Å². The molecule has 0 aromatic heterocycles. The van der Waals surface area contributed by atoms with Gasteiger partial charge in [-0.05, 0) is 25.8 Å². The SMILES string of the molecule is NCCCCC(N)C(=O)NC(CCC(N)=O)C(=O)NCC(=O)NCC(=O)O. The van der Waals surface area contributed by atoms with E-state index in [2.05, 4.69) is 16.0 Å². The maximum atomic E-state index is 12.2. The summed E-state index contributed by atoms with van der Waals surface area (Å²) in [5, 5.41) is 15.2. The Morgan fingerprint density at radius 3 is 2.15 bits per heavy atom. The second-order valence-electron chi connectivity index (χ2n) is 5.85. The predicted octanol–water partition coefficient (Wildman–Crippen LogP) is -3.49. The van der Waals surface area contributed by atoms with E-state index in [1.165, 1.54) is 0 Å². The van der Waals surface area contributed by atoms with Crippen LogP contribution in [0.4, 0.5) is 0 Å².